The van der Waals surface area contributed by atoms with Gasteiger partial charge >= 0.3 is 0 Å². The Labute approximate surface area is 174 Å². The maximum atomic E-state index is 12.2. The first kappa shape index (κ1) is 19.7. The minimum Gasteiger partial charge on any atom is -0.396 e. The number of unbranched alkanes of at least 4 members (excludes halogenated alkanes) is 1. The number of carbonyl (C=O) groups excluding carboxylic acids is 2. The Morgan fingerprint density at radius 1 is 1.03 bits per heavy atom. The first-order chi connectivity index (χ1) is 14.7. The Morgan fingerprint density at radius 2 is 1.80 bits per heavy atom. The smallest absolute Gasteiger partial charge is 0.243 e. The lowest BCUT2D eigenvalue weighted by Gasteiger charge is -2.09. The van der Waals surface area contributed by atoms with Crippen molar-refractivity contribution < 1.29 is 14.7 Å². The monoisotopic (exact) mass is 401 g/mol. The predicted molar refractivity (Wildman–Crippen MR) is 118 cm³/mol. The van der Waals surface area contributed by atoms with Crippen LogP contribution >= 0.6 is 0 Å². The van der Waals surface area contributed by atoms with Crippen molar-refractivity contribution in [3.8, 4) is 11.1 Å². The molecule has 2 aromatic carbocycles. The molecule has 6 nitrogen and oxygen atoms in total. The van der Waals surface area contributed by atoms with Crippen LogP contribution in [-0.2, 0) is 11.3 Å². The molecule has 0 spiro atoms. The van der Waals surface area contributed by atoms with E-state index in [0.29, 0.717) is 12.0 Å². The van der Waals surface area contributed by atoms with Gasteiger partial charge in [0.15, 0.2) is 6.29 Å². The highest BCUT2D eigenvalue weighted by Gasteiger charge is 2.21. The van der Waals surface area contributed by atoms with Crippen molar-refractivity contribution >= 4 is 34.3 Å². The molecule has 6 heteroatoms. The van der Waals surface area contributed by atoms with Crippen LogP contribution in [0.15, 0.2) is 67.0 Å². The van der Waals surface area contributed by atoms with Gasteiger partial charge in [-0.3, -0.25) is 9.59 Å². The fourth-order valence-corrected chi connectivity index (χ4v) is 3.73. The molecule has 30 heavy (non-hydrogen) atoms. The summed E-state index contributed by atoms with van der Waals surface area (Å²) in [4.78, 5) is 26.4. The molecule has 0 amide bonds. The van der Waals surface area contributed by atoms with Gasteiger partial charge in [0.25, 0.3) is 0 Å². The molecule has 0 saturated heterocycles. The number of nitrogens with one attached hydrogen (secondary N) is 2. The number of aldehydes is 1. The van der Waals surface area contributed by atoms with E-state index in [9.17, 15) is 9.59 Å². The third kappa shape index (κ3) is 3.77. The Hall–Kier alpha value is -3.64. The number of para-hydroxylation sites is 2. The number of anilines is 2. The highest BCUT2D eigenvalue weighted by Crippen LogP contribution is 2.38. The fourth-order valence-electron chi connectivity index (χ4n) is 3.73. The van der Waals surface area contributed by atoms with Crippen LogP contribution in [0.1, 0.15) is 23.3 Å². The molecule has 0 saturated carbocycles. The molecule has 2 aromatic heterocycles. The SMILES string of the molecule is O=CC(=O)c1[nH]cc(-c2cn(CCCCO)c3ccccc23)c1Nc1ccccc1. The van der Waals surface area contributed by atoms with Gasteiger partial charge in [-0.1, -0.05) is 36.4 Å². The van der Waals surface area contributed by atoms with Crippen LogP contribution in [0.2, 0.25) is 0 Å². The fraction of sp³-hybridized carbons (Fsp3) is 0.167. The van der Waals surface area contributed by atoms with E-state index in [1.54, 1.807) is 6.20 Å². The number of ketones is 1. The first-order valence-corrected chi connectivity index (χ1v) is 9.95. The molecule has 4 rings (SSSR count). The minimum absolute atomic E-state index is 0.173. The van der Waals surface area contributed by atoms with Gasteiger partial charge in [-0.05, 0) is 31.0 Å². The minimum atomic E-state index is -0.605. The summed E-state index contributed by atoms with van der Waals surface area (Å²) in [5.74, 6) is -0.605. The summed E-state index contributed by atoms with van der Waals surface area (Å²) in [7, 11) is 0. The van der Waals surface area contributed by atoms with Crippen LogP contribution in [0.4, 0.5) is 11.4 Å². The van der Waals surface area contributed by atoms with Gasteiger partial charge in [-0.15, -0.1) is 0 Å². The van der Waals surface area contributed by atoms with Gasteiger partial charge in [0.2, 0.25) is 5.78 Å². The van der Waals surface area contributed by atoms with Crippen molar-refractivity contribution in [2.24, 2.45) is 0 Å². The predicted octanol–water partition coefficient (Wildman–Crippen LogP) is 4.53. The Morgan fingerprint density at radius 3 is 2.57 bits per heavy atom. The number of nitrogens with zero attached hydrogens (tertiary/aromatic N) is 1. The lowest BCUT2D eigenvalue weighted by Crippen LogP contribution is -2.04. The van der Waals surface area contributed by atoms with Crippen LogP contribution in [0.5, 0.6) is 0 Å². The van der Waals surface area contributed by atoms with E-state index in [4.69, 9.17) is 5.11 Å². The zero-order chi connectivity index (χ0) is 20.9. The van der Waals surface area contributed by atoms with Crippen LogP contribution in [0, 0.1) is 0 Å². The number of rotatable bonds is 9. The molecule has 0 aliphatic heterocycles. The van der Waals surface area contributed by atoms with Crippen molar-refractivity contribution in [3.05, 3.63) is 72.7 Å². The van der Waals surface area contributed by atoms with Gasteiger partial charge in [-0.25, -0.2) is 0 Å². The average molecular weight is 401 g/mol. The molecule has 0 aliphatic rings. The number of Topliss-reactive ketones (excluding diaryl/α,β-unsaturated/α-hetero) is 1. The second kappa shape index (κ2) is 8.80. The molecular weight excluding hydrogens is 378 g/mol. The Kier molecular flexibility index (Phi) is 5.77. The quantitative estimate of drug-likeness (QED) is 0.166. The largest absolute Gasteiger partial charge is 0.396 e. The highest BCUT2D eigenvalue weighted by molar-refractivity contribution is 6.35. The summed E-state index contributed by atoms with van der Waals surface area (Å²) in [6.07, 6.45) is 5.76. The molecule has 3 N–H and O–H groups in total. The lowest BCUT2D eigenvalue weighted by molar-refractivity contribution is -0.104. The molecule has 0 bridgehead atoms. The summed E-state index contributed by atoms with van der Waals surface area (Å²) >= 11 is 0. The summed E-state index contributed by atoms with van der Waals surface area (Å²) in [6, 6.07) is 17.6. The van der Waals surface area contributed by atoms with E-state index in [0.717, 1.165) is 47.1 Å². The Bertz CT molecular complexity index is 1180. The van der Waals surface area contributed by atoms with Gasteiger partial charge in [0.1, 0.15) is 5.69 Å². The third-order valence-electron chi connectivity index (χ3n) is 5.16. The lowest BCUT2D eigenvalue weighted by atomic mass is 10.0. The second-order valence-electron chi connectivity index (χ2n) is 7.11. The topological polar surface area (TPSA) is 87.1 Å². The van der Waals surface area contributed by atoms with Crippen molar-refractivity contribution in [3.63, 3.8) is 0 Å². The maximum Gasteiger partial charge on any atom is 0.243 e. The van der Waals surface area contributed by atoms with Crippen molar-refractivity contribution in [1.82, 2.24) is 9.55 Å². The van der Waals surface area contributed by atoms with Crippen LogP contribution < -0.4 is 5.32 Å². The average Bonchev–Trinajstić information content (AvgIpc) is 3.36. The van der Waals surface area contributed by atoms with E-state index in [-0.39, 0.29) is 12.3 Å². The van der Waals surface area contributed by atoms with Gasteiger partial charge in [0, 0.05) is 53.3 Å². The summed E-state index contributed by atoms with van der Waals surface area (Å²) < 4.78 is 2.17. The van der Waals surface area contributed by atoms with E-state index in [2.05, 4.69) is 27.1 Å². The van der Waals surface area contributed by atoms with Crippen molar-refractivity contribution in [2.75, 3.05) is 11.9 Å². The maximum absolute atomic E-state index is 12.2. The zero-order valence-corrected chi connectivity index (χ0v) is 16.5. The molecule has 0 radical (unpaired) electrons. The second-order valence-corrected chi connectivity index (χ2v) is 7.11. The molecule has 152 valence electrons. The summed E-state index contributed by atoms with van der Waals surface area (Å²) in [6.45, 7) is 0.958. The normalized spacial score (nSPS) is 11.0. The number of aromatic amines is 1. The van der Waals surface area contributed by atoms with Crippen molar-refractivity contribution in [2.45, 2.75) is 19.4 Å². The standard InChI is InChI=1S/C24H23N3O3/c28-13-7-6-12-27-15-20(18-10-4-5-11-21(18)27)19-14-25-24(22(30)16-29)23(19)26-17-8-2-1-3-9-17/h1-5,8-11,14-16,25-26,28H,6-7,12-13H2. The number of hydrogen-bond acceptors (Lipinski definition) is 4. The van der Waals surface area contributed by atoms with Gasteiger partial charge < -0.3 is 20.0 Å². The van der Waals surface area contributed by atoms with Crippen LogP contribution in [0.3, 0.4) is 0 Å². The number of aliphatic hydroxyl groups excluding tert-OH is 1. The molecular formula is C24H23N3O3. The molecule has 0 aliphatic carbocycles. The van der Waals surface area contributed by atoms with E-state index in [1.807, 2.05) is 48.5 Å². The molecule has 0 atom stereocenters. The van der Waals surface area contributed by atoms with E-state index >= 15 is 0 Å². The number of aliphatic hydroxyl groups is 1. The van der Waals surface area contributed by atoms with Gasteiger partial charge in [-0.2, -0.15) is 0 Å². The first-order valence-electron chi connectivity index (χ1n) is 9.95. The van der Waals surface area contributed by atoms with E-state index in [1.165, 1.54) is 0 Å². The third-order valence-corrected chi connectivity index (χ3v) is 5.16. The number of aryl methyl sites for hydroxylation is 1. The number of H-pyrrole nitrogens is 1. The van der Waals surface area contributed by atoms with E-state index < -0.39 is 5.78 Å². The number of carbonyl (C=O) groups is 2. The summed E-state index contributed by atoms with van der Waals surface area (Å²) in [5.41, 5.74) is 4.51. The molecule has 0 fully saturated rings. The molecule has 2 heterocycles. The van der Waals surface area contributed by atoms with Crippen molar-refractivity contribution in [1.29, 1.82) is 0 Å². The van der Waals surface area contributed by atoms with Crippen LogP contribution in [0.25, 0.3) is 22.0 Å². The molecule has 0 unspecified atom stereocenters. The van der Waals surface area contributed by atoms with Crippen LogP contribution in [-0.4, -0.2) is 33.3 Å². The van der Waals surface area contributed by atoms with Gasteiger partial charge in [0.05, 0.1) is 5.69 Å². The summed E-state index contributed by atoms with van der Waals surface area (Å²) in [5, 5.41) is 13.5. The highest BCUT2D eigenvalue weighted by atomic mass is 16.3. The zero-order valence-electron chi connectivity index (χ0n) is 16.5. The number of fused-ring (bicyclic) bond motifs is 1. The molecule has 4 aromatic rings. The number of benzene rings is 2. The number of hydrogen-bond donors (Lipinski definition) is 3. The number of aromatic nitrogens is 2. The Balaban J connectivity index is 1.84.